The quantitative estimate of drug-likeness (QED) is 0.724. The Bertz CT molecular complexity index is 888. The predicted octanol–water partition coefficient (Wildman–Crippen LogP) is 1.41. The number of aliphatic hydroxyl groups excluding tert-OH is 1. The molecule has 158 valence electrons. The first kappa shape index (κ1) is 21.1. The number of anilines is 2. The van der Waals surface area contributed by atoms with Crippen molar-refractivity contribution in [1.82, 2.24) is 14.7 Å². The minimum absolute atomic E-state index is 0.0967. The number of aliphatic hydroxyl groups is 1. The summed E-state index contributed by atoms with van der Waals surface area (Å²) in [4.78, 5) is 17.2. The average Bonchev–Trinajstić information content (AvgIpc) is 2.72. The van der Waals surface area contributed by atoms with Gasteiger partial charge in [-0.05, 0) is 32.4 Å². The van der Waals surface area contributed by atoms with Crippen LogP contribution in [-0.4, -0.2) is 59.6 Å². The Morgan fingerprint density at radius 1 is 1.24 bits per heavy atom. The van der Waals surface area contributed by atoms with Crippen LogP contribution in [0.15, 0.2) is 29.1 Å². The molecule has 0 spiro atoms. The van der Waals surface area contributed by atoms with E-state index in [4.69, 9.17) is 10.5 Å². The molecule has 0 amide bonds. The zero-order valence-corrected chi connectivity index (χ0v) is 17.5. The number of aromatic nitrogens is 2. The van der Waals surface area contributed by atoms with Gasteiger partial charge in [0.25, 0.3) is 5.56 Å². The Kier molecular flexibility index (Phi) is 6.76. The molecule has 2 heterocycles. The van der Waals surface area contributed by atoms with Gasteiger partial charge in [0.1, 0.15) is 11.4 Å². The highest BCUT2D eigenvalue weighted by Crippen LogP contribution is 2.22. The Morgan fingerprint density at radius 2 is 1.97 bits per heavy atom. The van der Waals surface area contributed by atoms with Crippen LogP contribution in [0.3, 0.4) is 0 Å². The van der Waals surface area contributed by atoms with Crippen molar-refractivity contribution in [3.63, 3.8) is 0 Å². The van der Waals surface area contributed by atoms with Gasteiger partial charge in [-0.15, -0.1) is 0 Å². The van der Waals surface area contributed by atoms with Crippen LogP contribution in [0.4, 0.5) is 11.4 Å². The van der Waals surface area contributed by atoms with Gasteiger partial charge in [-0.3, -0.25) is 9.69 Å². The lowest BCUT2D eigenvalue weighted by Crippen LogP contribution is -2.46. The molecule has 3 rings (SSSR count). The van der Waals surface area contributed by atoms with Crippen molar-refractivity contribution in [2.24, 2.45) is 0 Å². The third kappa shape index (κ3) is 4.89. The fourth-order valence-electron chi connectivity index (χ4n) is 3.89. The van der Waals surface area contributed by atoms with E-state index in [-0.39, 0.29) is 11.2 Å². The SMILES string of the molecule is COc1cccc(N2CCN(CCCn3nc(C)c(C(C)O)c(N)c3=O)CC2)c1. The summed E-state index contributed by atoms with van der Waals surface area (Å²) >= 11 is 0. The normalized spacial score (nSPS) is 16.1. The van der Waals surface area contributed by atoms with Crippen molar-refractivity contribution in [2.75, 3.05) is 50.5 Å². The van der Waals surface area contributed by atoms with Crippen LogP contribution in [0.5, 0.6) is 5.75 Å². The molecule has 1 atom stereocenters. The number of nitrogens with two attached hydrogens (primary N) is 1. The van der Waals surface area contributed by atoms with Crippen molar-refractivity contribution >= 4 is 11.4 Å². The van der Waals surface area contributed by atoms with Crippen LogP contribution in [0.25, 0.3) is 0 Å². The van der Waals surface area contributed by atoms with E-state index >= 15 is 0 Å². The first-order valence-electron chi connectivity index (χ1n) is 10.1. The number of nitrogen functional groups attached to an aromatic ring is 1. The molecule has 3 N–H and O–H groups in total. The van der Waals surface area contributed by atoms with E-state index in [9.17, 15) is 9.90 Å². The standard InChI is InChI=1S/C21H31N5O3/c1-15-19(16(2)27)20(22)21(28)26(23-15)9-5-8-24-10-12-25(13-11-24)17-6-4-7-18(14-17)29-3/h4,6-7,14,16,27H,5,8-13,22H2,1-3H3. The van der Waals surface area contributed by atoms with Gasteiger partial charge in [-0.2, -0.15) is 5.10 Å². The second-order valence-electron chi connectivity index (χ2n) is 7.50. The summed E-state index contributed by atoms with van der Waals surface area (Å²) in [5.74, 6) is 0.874. The second-order valence-corrected chi connectivity index (χ2v) is 7.50. The number of methoxy groups -OCH3 is 1. The first-order valence-corrected chi connectivity index (χ1v) is 10.1. The van der Waals surface area contributed by atoms with Gasteiger partial charge in [0.2, 0.25) is 0 Å². The van der Waals surface area contributed by atoms with Crippen LogP contribution in [-0.2, 0) is 6.54 Å². The van der Waals surface area contributed by atoms with E-state index < -0.39 is 6.10 Å². The monoisotopic (exact) mass is 401 g/mol. The molecule has 8 heteroatoms. The lowest BCUT2D eigenvalue weighted by atomic mass is 10.1. The molecule has 1 fully saturated rings. The minimum atomic E-state index is -0.800. The fraction of sp³-hybridized carbons (Fsp3) is 0.524. The molecule has 29 heavy (non-hydrogen) atoms. The Balaban J connectivity index is 1.52. The highest BCUT2D eigenvalue weighted by Gasteiger charge is 2.19. The maximum absolute atomic E-state index is 12.4. The molecule has 1 unspecified atom stereocenters. The molecule has 0 saturated carbocycles. The second kappa shape index (κ2) is 9.28. The molecule has 1 aromatic heterocycles. The number of ether oxygens (including phenoxy) is 1. The van der Waals surface area contributed by atoms with Crippen molar-refractivity contribution in [3.8, 4) is 5.75 Å². The summed E-state index contributed by atoms with van der Waals surface area (Å²) in [6.07, 6.45) is 0.0182. The number of rotatable bonds is 7. The van der Waals surface area contributed by atoms with Crippen LogP contribution < -0.4 is 20.9 Å². The van der Waals surface area contributed by atoms with Crippen LogP contribution >= 0.6 is 0 Å². The van der Waals surface area contributed by atoms with Gasteiger partial charge in [-0.1, -0.05) is 6.07 Å². The number of hydrogen-bond donors (Lipinski definition) is 2. The summed E-state index contributed by atoms with van der Waals surface area (Å²) in [5.41, 5.74) is 7.92. The van der Waals surface area contributed by atoms with E-state index in [1.54, 1.807) is 21.0 Å². The zero-order chi connectivity index (χ0) is 21.0. The van der Waals surface area contributed by atoms with Gasteiger partial charge in [0, 0.05) is 56.6 Å². The Morgan fingerprint density at radius 3 is 2.62 bits per heavy atom. The molecule has 1 aliphatic heterocycles. The Labute approximate surface area is 171 Å². The molecule has 1 saturated heterocycles. The maximum atomic E-state index is 12.4. The predicted molar refractivity (Wildman–Crippen MR) is 115 cm³/mol. The van der Waals surface area contributed by atoms with Crippen LogP contribution in [0.1, 0.15) is 30.7 Å². The molecular weight excluding hydrogens is 370 g/mol. The lowest BCUT2D eigenvalue weighted by Gasteiger charge is -2.36. The van der Waals surface area contributed by atoms with Gasteiger partial charge >= 0.3 is 0 Å². The fourth-order valence-corrected chi connectivity index (χ4v) is 3.89. The highest BCUT2D eigenvalue weighted by molar-refractivity contribution is 5.51. The van der Waals surface area contributed by atoms with Crippen LogP contribution in [0.2, 0.25) is 0 Å². The van der Waals surface area contributed by atoms with Crippen molar-refractivity contribution in [3.05, 3.63) is 45.9 Å². The summed E-state index contributed by atoms with van der Waals surface area (Å²) in [7, 11) is 1.68. The summed E-state index contributed by atoms with van der Waals surface area (Å²) < 4.78 is 6.73. The number of piperazine rings is 1. The van der Waals surface area contributed by atoms with E-state index in [1.165, 1.54) is 10.4 Å². The zero-order valence-electron chi connectivity index (χ0n) is 17.5. The molecule has 0 bridgehead atoms. The van der Waals surface area contributed by atoms with Crippen molar-refractivity contribution in [1.29, 1.82) is 0 Å². The largest absolute Gasteiger partial charge is 0.497 e. The number of hydrogen-bond acceptors (Lipinski definition) is 7. The van der Waals surface area contributed by atoms with Crippen molar-refractivity contribution < 1.29 is 9.84 Å². The van der Waals surface area contributed by atoms with E-state index in [2.05, 4.69) is 27.0 Å². The van der Waals surface area contributed by atoms with Crippen molar-refractivity contribution in [2.45, 2.75) is 32.9 Å². The number of aryl methyl sites for hydroxylation is 2. The third-order valence-electron chi connectivity index (χ3n) is 5.47. The molecule has 1 aliphatic rings. The first-order chi connectivity index (χ1) is 13.9. The van der Waals surface area contributed by atoms with E-state index in [0.29, 0.717) is 17.8 Å². The third-order valence-corrected chi connectivity index (χ3v) is 5.47. The molecule has 2 aromatic rings. The van der Waals surface area contributed by atoms with Gasteiger partial charge in [0.15, 0.2) is 0 Å². The number of benzene rings is 1. The highest BCUT2D eigenvalue weighted by atomic mass is 16.5. The minimum Gasteiger partial charge on any atom is -0.497 e. The van der Waals surface area contributed by atoms with Crippen LogP contribution in [0, 0.1) is 6.92 Å². The molecule has 8 nitrogen and oxygen atoms in total. The smallest absolute Gasteiger partial charge is 0.290 e. The summed E-state index contributed by atoms with van der Waals surface area (Å²) in [5, 5.41) is 14.1. The molecule has 1 aromatic carbocycles. The van der Waals surface area contributed by atoms with E-state index in [1.807, 2.05) is 12.1 Å². The average molecular weight is 402 g/mol. The van der Waals surface area contributed by atoms with Gasteiger partial charge in [0.05, 0.1) is 18.9 Å². The topological polar surface area (TPSA) is 96.8 Å². The molecule has 0 radical (unpaired) electrons. The summed E-state index contributed by atoms with van der Waals surface area (Å²) in [6, 6.07) is 8.15. The van der Waals surface area contributed by atoms with Gasteiger partial charge < -0.3 is 20.5 Å². The Hall–Kier alpha value is -2.58. The van der Waals surface area contributed by atoms with Gasteiger partial charge in [-0.25, -0.2) is 4.68 Å². The maximum Gasteiger partial charge on any atom is 0.290 e. The van der Waals surface area contributed by atoms with E-state index in [0.717, 1.165) is 44.9 Å². The summed E-state index contributed by atoms with van der Waals surface area (Å²) in [6.45, 7) is 8.64. The molecular formula is C21H31N5O3. The lowest BCUT2D eigenvalue weighted by molar-refractivity contribution is 0.198. The molecule has 0 aliphatic carbocycles. The number of nitrogens with zero attached hydrogens (tertiary/aromatic N) is 4.